The number of halogens is 1. The lowest BCUT2D eigenvalue weighted by atomic mass is 10.0. The van der Waals surface area contributed by atoms with Crippen LogP contribution in [0.1, 0.15) is 12.5 Å². The Morgan fingerprint density at radius 1 is 1.12 bits per heavy atom. The molecule has 0 aliphatic heterocycles. The second kappa shape index (κ2) is 5.52. The van der Waals surface area contributed by atoms with Crippen LogP contribution in [0, 0.1) is 0 Å². The average molecular weight is 248 g/mol. The van der Waals surface area contributed by atoms with Gasteiger partial charge >= 0.3 is 0 Å². The molecule has 1 atom stereocenters. The molecule has 0 saturated heterocycles. The highest BCUT2D eigenvalue weighted by atomic mass is 35.5. The summed E-state index contributed by atoms with van der Waals surface area (Å²) in [5.41, 5.74) is 1.36. The van der Waals surface area contributed by atoms with Crippen LogP contribution in [0.4, 0.5) is 0 Å². The summed E-state index contributed by atoms with van der Waals surface area (Å²) in [5.74, 6) is 0. The van der Waals surface area contributed by atoms with Crippen molar-refractivity contribution in [3.05, 3.63) is 48.0 Å². The number of fused-ring (bicyclic) bond motifs is 1. The first kappa shape index (κ1) is 12.4. The fraction of sp³-hybridized carbons (Fsp3) is 0.333. The van der Waals surface area contributed by atoms with Crippen LogP contribution < -0.4 is 0 Å². The Morgan fingerprint density at radius 2 is 1.82 bits per heavy atom. The quantitative estimate of drug-likeness (QED) is 0.741. The van der Waals surface area contributed by atoms with Crippen LogP contribution in [-0.4, -0.2) is 23.9 Å². The fourth-order valence-electron chi connectivity index (χ4n) is 2.22. The third kappa shape index (κ3) is 3.21. The summed E-state index contributed by atoms with van der Waals surface area (Å²) in [5, 5.41) is 2.83. The molecule has 2 aromatic rings. The van der Waals surface area contributed by atoms with Gasteiger partial charge in [-0.2, -0.15) is 0 Å². The topological polar surface area (TPSA) is 3.24 Å². The molecule has 0 spiro atoms. The largest absolute Gasteiger partial charge is 0.301 e. The van der Waals surface area contributed by atoms with E-state index in [9.17, 15) is 0 Å². The maximum atomic E-state index is 6.02. The summed E-state index contributed by atoms with van der Waals surface area (Å²) in [7, 11) is 2.11. The second-order valence-electron chi connectivity index (χ2n) is 4.62. The second-order valence-corrected chi connectivity index (χ2v) is 5.36. The molecule has 0 radical (unpaired) electrons. The standard InChI is InChI=1S/C15H18ClN/c1-12(16)10-17(2)11-14-8-5-7-13-6-3-4-9-15(13)14/h3-9,12H,10-11H2,1-2H3. The SMILES string of the molecule is CC(Cl)CN(C)Cc1cccc2ccccc12. The highest BCUT2D eigenvalue weighted by molar-refractivity contribution is 6.20. The number of hydrogen-bond donors (Lipinski definition) is 0. The van der Waals surface area contributed by atoms with Gasteiger partial charge in [0.15, 0.2) is 0 Å². The number of benzene rings is 2. The first-order valence-corrected chi connectivity index (χ1v) is 6.39. The van der Waals surface area contributed by atoms with Crippen molar-refractivity contribution in [2.24, 2.45) is 0 Å². The van der Waals surface area contributed by atoms with Crippen molar-refractivity contribution in [1.82, 2.24) is 4.90 Å². The molecule has 0 aliphatic rings. The molecule has 0 aliphatic carbocycles. The van der Waals surface area contributed by atoms with Crippen molar-refractivity contribution in [3.8, 4) is 0 Å². The van der Waals surface area contributed by atoms with Crippen LogP contribution in [0.25, 0.3) is 10.8 Å². The third-order valence-corrected chi connectivity index (χ3v) is 3.02. The van der Waals surface area contributed by atoms with E-state index in [1.54, 1.807) is 0 Å². The Kier molecular flexibility index (Phi) is 4.03. The monoisotopic (exact) mass is 247 g/mol. The Morgan fingerprint density at radius 3 is 2.59 bits per heavy atom. The van der Waals surface area contributed by atoms with Gasteiger partial charge in [-0.15, -0.1) is 11.6 Å². The van der Waals surface area contributed by atoms with Crippen molar-refractivity contribution >= 4 is 22.4 Å². The maximum Gasteiger partial charge on any atom is 0.0435 e. The fourth-order valence-corrected chi connectivity index (χ4v) is 2.45. The van der Waals surface area contributed by atoms with Gasteiger partial charge in [-0.1, -0.05) is 42.5 Å². The first-order valence-electron chi connectivity index (χ1n) is 5.96. The van der Waals surface area contributed by atoms with Crippen LogP contribution in [0.15, 0.2) is 42.5 Å². The van der Waals surface area contributed by atoms with Crippen LogP contribution in [0.2, 0.25) is 0 Å². The molecule has 0 aromatic heterocycles. The van der Waals surface area contributed by atoms with Gasteiger partial charge < -0.3 is 4.90 Å². The minimum absolute atomic E-state index is 0.190. The third-order valence-electron chi connectivity index (χ3n) is 2.88. The van der Waals surface area contributed by atoms with Gasteiger partial charge in [-0.05, 0) is 30.3 Å². The van der Waals surface area contributed by atoms with Crippen molar-refractivity contribution in [2.45, 2.75) is 18.8 Å². The molecule has 0 heterocycles. The first-order chi connectivity index (χ1) is 8.16. The molecule has 1 unspecified atom stereocenters. The molecule has 17 heavy (non-hydrogen) atoms. The molecule has 0 fully saturated rings. The van der Waals surface area contributed by atoms with Gasteiger partial charge in [-0.3, -0.25) is 0 Å². The van der Waals surface area contributed by atoms with Gasteiger partial charge in [0, 0.05) is 18.5 Å². The van der Waals surface area contributed by atoms with Crippen LogP contribution in [0.5, 0.6) is 0 Å². The predicted octanol–water partition coefficient (Wildman–Crippen LogP) is 3.90. The predicted molar refractivity (Wildman–Crippen MR) is 75.6 cm³/mol. The van der Waals surface area contributed by atoms with E-state index in [-0.39, 0.29) is 5.38 Å². The van der Waals surface area contributed by atoms with E-state index in [1.807, 2.05) is 6.92 Å². The normalized spacial score (nSPS) is 13.2. The van der Waals surface area contributed by atoms with Crippen molar-refractivity contribution in [2.75, 3.05) is 13.6 Å². The molecular formula is C15H18ClN. The summed E-state index contributed by atoms with van der Waals surface area (Å²) in [6, 6.07) is 15.0. The van der Waals surface area contributed by atoms with Crippen molar-refractivity contribution in [3.63, 3.8) is 0 Å². The number of alkyl halides is 1. The molecule has 0 saturated carbocycles. The highest BCUT2D eigenvalue weighted by Gasteiger charge is 2.06. The average Bonchev–Trinajstić information content (AvgIpc) is 2.28. The summed E-state index contributed by atoms with van der Waals surface area (Å²) in [4.78, 5) is 2.26. The molecule has 0 bridgehead atoms. The van der Waals surface area contributed by atoms with E-state index < -0.39 is 0 Å². The van der Waals surface area contributed by atoms with Crippen LogP contribution in [0.3, 0.4) is 0 Å². The molecule has 0 amide bonds. The lowest BCUT2D eigenvalue weighted by Crippen LogP contribution is -2.24. The van der Waals surface area contributed by atoms with Gasteiger partial charge in [-0.25, -0.2) is 0 Å². The number of nitrogens with zero attached hydrogens (tertiary/aromatic N) is 1. The van der Waals surface area contributed by atoms with E-state index in [4.69, 9.17) is 11.6 Å². The minimum atomic E-state index is 0.190. The van der Waals surface area contributed by atoms with Gasteiger partial charge in [0.25, 0.3) is 0 Å². The molecule has 0 N–H and O–H groups in total. The van der Waals surface area contributed by atoms with Crippen LogP contribution >= 0.6 is 11.6 Å². The molecule has 2 heteroatoms. The van der Waals surface area contributed by atoms with Crippen LogP contribution in [-0.2, 0) is 6.54 Å². The smallest absolute Gasteiger partial charge is 0.0435 e. The van der Waals surface area contributed by atoms with Crippen molar-refractivity contribution < 1.29 is 0 Å². The summed E-state index contributed by atoms with van der Waals surface area (Å²) < 4.78 is 0. The van der Waals surface area contributed by atoms with Gasteiger partial charge in [0.2, 0.25) is 0 Å². The van der Waals surface area contributed by atoms with Crippen molar-refractivity contribution in [1.29, 1.82) is 0 Å². The zero-order chi connectivity index (χ0) is 12.3. The number of hydrogen-bond acceptors (Lipinski definition) is 1. The molecular weight excluding hydrogens is 230 g/mol. The minimum Gasteiger partial charge on any atom is -0.301 e. The number of rotatable bonds is 4. The lowest BCUT2D eigenvalue weighted by molar-refractivity contribution is 0.331. The Bertz CT molecular complexity index is 488. The summed E-state index contributed by atoms with van der Waals surface area (Å²) >= 11 is 6.02. The molecule has 1 nitrogen and oxygen atoms in total. The maximum absolute atomic E-state index is 6.02. The highest BCUT2D eigenvalue weighted by Crippen LogP contribution is 2.19. The lowest BCUT2D eigenvalue weighted by Gasteiger charge is -2.19. The van der Waals surface area contributed by atoms with Gasteiger partial charge in [0.1, 0.15) is 0 Å². The van der Waals surface area contributed by atoms with E-state index >= 15 is 0 Å². The zero-order valence-electron chi connectivity index (χ0n) is 10.4. The van der Waals surface area contributed by atoms with E-state index in [1.165, 1.54) is 16.3 Å². The summed E-state index contributed by atoms with van der Waals surface area (Å²) in [6.07, 6.45) is 0. The zero-order valence-corrected chi connectivity index (χ0v) is 11.1. The van der Waals surface area contributed by atoms with E-state index in [0.717, 1.165) is 13.1 Å². The summed E-state index contributed by atoms with van der Waals surface area (Å²) in [6.45, 7) is 3.88. The molecule has 2 rings (SSSR count). The van der Waals surface area contributed by atoms with E-state index in [0.29, 0.717) is 0 Å². The van der Waals surface area contributed by atoms with E-state index in [2.05, 4.69) is 54.4 Å². The molecule has 2 aromatic carbocycles. The molecule has 90 valence electrons. The Balaban J connectivity index is 2.24. The Hall–Kier alpha value is -1.05. The van der Waals surface area contributed by atoms with Gasteiger partial charge in [0.05, 0.1) is 0 Å². The Labute approximate surface area is 108 Å².